The van der Waals surface area contributed by atoms with Gasteiger partial charge < -0.3 is 10.4 Å². The zero-order valence-electron chi connectivity index (χ0n) is 24.4. The van der Waals surface area contributed by atoms with Gasteiger partial charge in [-0.25, -0.2) is 4.39 Å². The lowest BCUT2D eigenvalue weighted by molar-refractivity contribution is -0.119. The molecule has 0 spiro atoms. The van der Waals surface area contributed by atoms with Gasteiger partial charge in [-0.2, -0.15) is 9.78 Å². The molecule has 0 unspecified atom stereocenters. The molecule has 5 aromatic rings. The van der Waals surface area contributed by atoms with Crippen LogP contribution in [0.1, 0.15) is 41.3 Å². The van der Waals surface area contributed by atoms with Crippen molar-refractivity contribution < 1.29 is 19.1 Å². The average Bonchev–Trinajstić information content (AvgIpc) is 3.58. The second kappa shape index (κ2) is 15.4. The summed E-state index contributed by atoms with van der Waals surface area (Å²) in [5.74, 6) is -0.811. The Kier molecular flexibility index (Phi) is 10.9. The van der Waals surface area contributed by atoms with Crippen molar-refractivity contribution in [3.05, 3.63) is 124 Å². The van der Waals surface area contributed by atoms with E-state index < -0.39 is 17.8 Å². The number of nitrogens with zero attached hydrogens (tertiary/aromatic N) is 6. The Balaban J connectivity index is 1.41. The zero-order chi connectivity index (χ0) is 32.5. The van der Waals surface area contributed by atoms with Gasteiger partial charge in [0.1, 0.15) is 17.9 Å². The van der Waals surface area contributed by atoms with Gasteiger partial charge in [-0.3, -0.25) is 9.59 Å². The number of aliphatic hydroxyl groups is 1. The van der Waals surface area contributed by atoms with Crippen LogP contribution in [-0.2, 0) is 22.4 Å². The predicted octanol–water partition coefficient (Wildman–Crippen LogP) is 5.56. The van der Waals surface area contributed by atoms with Crippen LogP contribution in [0, 0.1) is 5.82 Å². The fraction of sp³-hybridized carbons (Fsp3) is 0.182. The second-order valence-electron chi connectivity index (χ2n) is 10.4. The van der Waals surface area contributed by atoms with Crippen molar-refractivity contribution in [2.45, 2.75) is 31.7 Å². The van der Waals surface area contributed by atoms with Crippen LogP contribution in [0.25, 0.3) is 22.9 Å². The van der Waals surface area contributed by atoms with Crippen LogP contribution in [0.4, 0.5) is 4.39 Å². The van der Waals surface area contributed by atoms with Crippen LogP contribution in [-0.4, -0.2) is 53.8 Å². The predicted molar refractivity (Wildman–Crippen MR) is 172 cm³/mol. The smallest absolute Gasteiger partial charge is 0.244 e. The SMILES string of the molecule is O=C(CCCO)Cc1ccc(-c2cc([C@H](Cc3cccc(F)c3)NC(=O)/C=C/c3cc(Cl)ccc3-n3cnnn3)nnc2Cl)cc1. The zero-order valence-corrected chi connectivity index (χ0v) is 25.9. The molecular weight excluding hydrogens is 632 g/mol. The third-order valence-electron chi connectivity index (χ3n) is 7.05. The molecule has 2 heterocycles. The molecule has 234 valence electrons. The average molecular weight is 661 g/mol. The van der Waals surface area contributed by atoms with Crippen molar-refractivity contribution in [1.29, 1.82) is 0 Å². The molecule has 0 radical (unpaired) electrons. The number of hydrogen-bond donors (Lipinski definition) is 2. The van der Waals surface area contributed by atoms with E-state index in [-0.39, 0.29) is 30.4 Å². The van der Waals surface area contributed by atoms with E-state index in [1.165, 1.54) is 29.2 Å². The highest BCUT2D eigenvalue weighted by atomic mass is 35.5. The Hall–Kier alpha value is -4.84. The first-order valence-electron chi connectivity index (χ1n) is 14.3. The maximum atomic E-state index is 14.1. The summed E-state index contributed by atoms with van der Waals surface area (Å²) in [6.45, 7) is -0.0255. The first kappa shape index (κ1) is 32.6. The number of aromatic nitrogens is 6. The lowest BCUT2D eigenvalue weighted by Crippen LogP contribution is -2.29. The maximum Gasteiger partial charge on any atom is 0.244 e. The summed E-state index contributed by atoms with van der Waals surface area (Å²) in [5.41, 5.74) is 4.40. The number of Topliss-reactive ketones (excluding diaryl/α,β-unsaturated/α-hetero) is 1. The molecule has 0 bridgehead atoms. The van der Waals surface area contributed by atoms with Gasteiger partial charge in [0.05, 0.1) is 17.4 Å². The molecule has 1 amide bonds. The molecule has 0 saturated heterocycles. The Morgan fingerprint density at radius 1 is 1.00 bits per heavy atom. The van der Waals surface area contributed by atoms with Crippen LogP contribution in [0.2, 0.25) is 10.2 Å². The molecular formula is C33H28Cl2FN7O3. The number of tetrazole rings is 1. The monoisotopic (exact) mass is 659 g/mol. The van der Waals surface area contributed by atoms with E-state index in [1.807, 2.05) is 24.3 Å². The molecule has 0 aliphatic carbocycles. The fourth-order valence-electron chi connectivity index (χ4n) is 4.81. The van der Waals surface area contributed by atoms with Crippen LogP contribution in [0.15, 0.2) is 85.2 Å². The van der Waals surface area contributed by atoms with Gasteiger partial charge in [0.2, 0.25) is 5.91 Å². The summed E-state index contributed by atoms with van der Waals surface area (Å²) >= 11 is 12.7. The standard InChI is InChI=1S/C33H28Cl2FN7O3/c34-25-11-12-31(43-20-37-41-42-43)24(18-25)10-13-32(46)38-29(17-22-3-1-4-26(36)15-22)30-19-28(33(35)40-39-30)23-8-6-21(7-9-23)16-27(45)5-2-14-44/h1,3-4,6-13,15,18-20,29,44H,2,5,14,16-17H2,(H,38,46)/b13-10+/t29-/m0/s1. The molecule has 5 rings (SSSR count). The van der Waals surface area contributed by atoms with Crippen molar-refractivity contribution in [3.63, 3.8) is 0 Å². The minimum Gasteiger partial charge on any atom is -0.396 e. The Morgan fingerprint density at radius 2 is 1.83 bits per heavy atom. The van der Waals surface area contributed by atoms with Gasteiger partial charge in [-0.1, -0.05) is 59.6 Å². The first-order valence-corrected chi connectivity index (χ1v) is 15.1. The summed E-state index contributed by atoms with van der Waals surface area (Å²) in [5, 5.41) is 32.2. The lowest BCUT2D eigenvalue weighted by atomic mass is 9.98. The number of amides is 1. The fourth-order valence-corrected chi connectivity index (χ4v) is 5.19. The Bertz CT molecular complexity index is 1850. The summed E-state index contributed by atoms with van der Waals surface area (Å²) in [6.07, 6.45) is 5.59. The van der Waals surface area contributed by atoms with Crippen LogP contribution >= 0.6 is 23.2 Å². The van der Waals surface area contributed by atoms with Crippen LogP contribution in [0.3, 0.4) is 0 Å². The molecule has 2 aromatic heterocycles. The number of aliphatic hydroxyl groups excluding tert-OH is 1. The number of ketones is 1. The molecule has 0 aliphatic heterocycles. The number of benzene rings is 3. The molecule has 0 fully saturated rings. The van der Waals surface area contributed by atoms with Crippen molar-refractivity contribution >= 4 is 41.0 Å². The second-order valence-corrected chi connectivity index (χ2v) is 11.2. The maximum absolute atomic E-state index is 14.1. The largest absolute Gasteiger partial charge is 0.396 e. The van der Waals surface area contributed by atoms with E-state index in [0.29, 0.717) is 45.9 Å². The Morgan fingerprint density at radius 3 is 2.57 bits per heavy atom. The molecule has 1 atom stereocenters. The van der Waals surface area contributed by atoms with E-state index >= 15 is 0 Å². The summed E-state index contributed by atoms with van der Waals surface area (Å²) < 4.78 is 15.5. The van der Waals surface area contributed by atoms with E-state index in [2.05, 4.69) is 31.0 Å². The minimum atomic E-state index is -0.704. The quantitative estimate of drug-likeness (QED) is 0.157. The summed E-state index contributed by atoms with van der Waals surface area (Å²) in [7, 11) is 0. The van der Waals surface area contributed by atoms with Gasteiger partial charge in [0, 0.05) is 41.7 Å². The molecule has 46 heavy (non-hydrogen) atoms. The number of halogens is 3. The number of carbonyl (C=O) groups excluding carboxylic acids is 2. The van der Waals surface area contributed by atoms with E-state index in [4.69, 9.17) is 28.3 Å². The number of rotatable bonds is 13. The first-order chi connectivity index (χ1) is 22.3. The summed E-state index contributed by atoms with van der Waals surface area (Å²) in [4.78, 5) is 25.4. The molecule has 2 N–H and O–H groups in total. The highest BCUT2D eigenvalue weighted by Gasteiger charge is 2.20. The molecule has 10 nitrogen and oxygen atoms in total. The topological polar surface area (TPSA) is 136 Å². The van der Waals surface area contributed by atoms with Gasteiger partial charge in [0.25, 0.3) is 0 Å². The van der Waals surface area contributed by atoms with Crippen molar-refractivity contribution in [2.75, 3.05) is 6.61 Å². The Labute approximate surface area is 273 Å². The third-order valence-corrected chi connectivity index (χ3v) is 7.56. The van der Waals surface area contributed by atoms with E-state index in [1.54, 1.807) is 42.5 Å². The summed E-state index contributed by atoms with van der Waals surface area (Å²) in [6, 6.07) is 19.5. The number of hydrogen-bond acceptors (Lipinski definition) is 8. The highest BCUT2D eigenvalue weighted by molar-refractivity contribution is 6.32. The van der Waals surface area contributed by atoms with Crippen LogP contribution in [0.5, 0.6) is 0 Å². The van der Waals surface area contributed by atoms with Crippen molar-refractivity contribution in [1.82, 2.24) is 35.7 Å². The molecule has 13 heteroatoms. The van der Waals surface area contributed by atoms with Crippen LogP contribution < -0.4 is 5.32 Å². The molecule has 0 saturated carbocycles. The molecule has 0 aliphatic rings. The number of carbonyl (C=O) groups is 2. The van der Waals surface area contributed by atoms with Gasteiger partial charge in [-0.05, 0) is 82.4 Å². The van der Waals surface area contributed by atoms with Gasteiger partial charge in [0.15, 0.2) is 5.15 Å². The normalized spacial score (nSPS) is 11.9. The minimum absolute atomic E-state index is 0.0255. The molecule has 3 aromatic carbocycles. The highest BCUT2D eigenvalue weighted by Crippen LogP contribution is 2.29. The third kappa shape index (κ3) is 8.66. The van der Waals surface area contributed by atoms with Gasteiger partial charge >= 0.3 is 0 Å². The van der Waals surface area contributed by atoms with E-state index in [9.17, 15) is 14.0 Å². The van der Waals surface area contributed by atoms with Crippen molar-refractivity contribution in [2.24, 2.45) is 0 Å². The number of nitrogens with one attached hydrogen (secondary N) is 1. The van der Waals surface area contributed by atoms with Gasteiger partial charge in [-0.15, -0.1) is 10.2 Å². The van der Waals surface area contributed by atoms with Crippen molar-refractivity contribution in [3.8, 4) is 16.8 Å². The lowest BCUT2D eigenvalue weighted by Gasteiger charge is -2.18. The van der Waals surface area contributed by atoms with E-state index in [0.717, 1.165) is 11.1 Å².